The molecule has 5 heteroatoms. The monoisotopic (exact) mass is 281 g/mol. The van der Waals surface area contributed by atoms with Gasteiger partial charge in [0.1, 0.15) is 0 Å². The van der Waals surface area contributed by atoms with E-state index in [-0.39, 0.29) is 0 Å². The molecule has 0 fully saturated rings. The largest absolute Gasteiger partial charge is 0.378 e. The molecule has 0 bridgehead atoms. The maximum absolute atomic E-state index is 11.0. The highest BCUT2D eigenvalue weighted by Gasteiger charge is 2.13. The van der Waals surface area contributed by atoms with Gasteiger partial charge in [-0.05, 0) is 16.3 Å². The molecule has 0 unspecified atom stereocenters. The van der Waals surface area contributed by atoms with Crippen LogP contribution in [0.4, 0.5) is 0 Å². The first-order valence-electron chi connectivity index (χ1n) is 6.66. The Labute approximate surface area is 122 Å². The van der Waals surface area contributed by atoms with E-state index in [4.69, 9.17) is 4.74 Å². The lowest BCUT2D eigenvalue weighted by molar-refractivity contribution is 0.111. The second kappa shape index (κ2) is 5.85. The number of carbonyl (C=O) groups is 1. The van der Waals surface area contributed by atoms with E-state index in [1.165, 1.54) is 10.8 Å². The van der Waals surface area contributed by atoms with Crippen LogP contribution in [-0.4, -0.2) is 28.4 Å². The lowest BCUT2D eigenvalue weighted by Gasteiger charge is -2.09. The van der Waals surface area contributed by atoms with E-state index in [9.17, 15) is 4.79 Å². The Morgan fingerprint density at radius 3 is 2.81 bits per heavy atom. The van der Waals surface area contributed by atoms with Crippen LogP contribution in [0.2, 0.25) is 0 Å². The Hall–Kier alpha value is -2.53. The maximum Gasteiger partial charge on any atom is 0.172 e. The van der Waals surface area contributed by atoms with Gasteiger partial charge < -0.3 is 4.74 Å². The molecule has 0 saturated heterocycles. The molecule has 0 saturated carbocycles. The number of benzene rings is 2. The fourth-order valence-corrected chi connectivity index (χ4v) is 2.44. The highest BCUT2D eigenvalue weighted by Crippen LogP contribution is 2.20. The molecule has 0 aliphatic carbocycles. The first-order valence-corrected chi connectivity index (χ1v) is 6.66. The number of ether oxygens (including phenoxy) is 1. The number of nitrogens with zero attached hydrogens (tertiary/aromatic N) is 3. The summed E-state index contributed by atoms with van der Waals surface area (Å²) in [6, 6.07) is 14.3. The lowest BCUT2D eigenvalue weighted by atomic mass is 10.0. The van der Waals surface area contributed by atoms with Gasteiger partial charge in [-0.2, -0.15) is 0 Å². The Kier molecular flexibility index (Phi) is 3.75. The molecule has 0 aliphatic heterocycles. The molecule has 0 aliphatic rings. The summed E-state index contributed by atoms with van der Waals surface area (Å²) in [4.78, 5) is 11.0. The third kappa shape index (κ3) is 2.55. The predicted molar refractivity (Wildman–Crippen MR) is 79.2 cm³/mol. The van der Waals surface area contributed by atoms with Crippen LogP contribution >= 0.6 is 0 Å². The van der Waals surface area contributed by atoms with Crippen molar-refractivity contribution in [3.63, 3.8) is 0 Å². The lowest BCUT2D eigenvalue weighted by Crippen LogP contribution is -2.08. The van der Waals surface area contributed by atoms with Crippen LogP contribution in [0.15, 0.2) is 42.5 Å². The van der Waals surface area contributed by atoms with E-state index in [2.05, 4.69) is 34.6 Å². The third-order valence-electron chi connectivity index (χ3n) is 3.46. The van der Waals surface area contributed by atoms with Gasteiger partial charge >= 0.3 is 0 Å². The normalized spacial score (nSPS) is 10.9. The molecule has 5 nitrogen and oxygen atoms in total. The fraction of sp³-hybridized carbons (Fsp3) is 0.188. The maximum atomic E-state index is 11.0. The molecule has 106 valence electrons. The van der Waals surface area contributed by atoms with Crippen molar-refractivity contribution in [1.29, 1.82) is 0 Å². The van der Waals surface area contributed by atoms with Crippen LogP contribution in [0.5, 0.6) is 0 Å². The summed E-state index contributed by atoms with van der Waals surface area (Å²) in [5.41, 5.74) is 2.16. The first-order chi connectivity index (χ1) is 10.3. The summed E-state index contributed by atoms with van der Waals surface area (Å²) in [6.45, 7) is 0.868. The highest BCUT2D eigenvalue weighted by atomic mass is 16.5. The molecule has 2 aromatic carbocycles. The van der Waals surface area contributed by atoms with Gasteiger partial charge in [0.25, 0.3) is 0 Å². The van der Waals surface area contributed by atoms with E-state index in [1.54, 1.807) is 11.8 Å². The van der Waals surface area contributed by atoms with Gasteiger partial charge in [0.05, 0.1) is 18.8 Å². The van der Waals surface area contributed by atoms with Crippen molar-refractivity contribution in [3.8, 4) is 0 Å². The molecule has 3 aromatic rings. The van der Waals surface area contributed by atoms with Gasteiger partial charge in [-0.3, -0.25) is 4.79 Å². The van der Waals surface area contributed by atoms with Crippen molar-refractivity contribution in [3.05, 3.63) is 59.4 Å². The molecule has 0 radical (unpaired) electrons. The zero-order valence-corrected chi connectivity index (χ0v) is 11.7. The Morgan fingerprint density at radius 2 is 2.00 bits per heavy atom. The van der Waals surface area contributed by atoms with E-state index < -0.39 is 0 Å². The van der Waals surface area contributed by atoms with Gasteiger partial charge in [-0.15, -0.1) is 5.10 Å². The molecule has 21 heavy (non-hydrogen) atoms. The molecule has 1 aromatic heterocycles. The second-order valence-electron chi connectivity index (χ2n) is 4.77. The smallest absolute Gasteiger partial charge is 0.172 e. The van der Waals surface area contributed by atoms with Crippen LogP contribution in [0.3, 0.4) is 0 Å². The zero-order chi connectivity index (χ0) is 14.7. The van der Waals surface area contributed by atoms with Gasteiger partial charge in [0.2, 0.25) is 0 Å². The minimum absolute atomic E-state index is 0.311. The number of rotatable bonds is 5. The molecule has 3 rings (SSSR count). The van der Waals surface area contributed by atoms with Crippen molar-refractivity contribution in [2.75, 3.05) is 7.11 Å². The van der Waals surface area contributed by atoms with Gasteiger partial charge in [0.15, 0.2) is 12.0 Å². The number of hydrogen-bond donors (Lipinski definition) is 0. The molecule has 0 spiro atoms. The van der Waals surface area contributed by atoms with Crippen molar-refractivity contribution in [1.82, 2.24) is 15.0 Å². The zero-order valence-electron chi connectivity index (χ0n) is 11.7. The summed E-state index contributed by atoms with van der Waals surface area (Å²) in [7, 11) is 1.59. The Balaban J connectivity index is 2.03. The molecule has 0 amide bonds. The van der Waals surface area contributed by atoms with E-state index in [1.807, 2.05) is 18.2 Å². The van der Waals surface area contributed by atoms with Crippen LogP contribution in [0.25, 0.3) is 10.8 Å². The average Bonchev–Trinajstić information content (AvgIpc) is 2.90. The number of fused-ring (bicyclic) bond motifs is 1. The molecular formula is C16H15N3O2. The van der Waals surface area contributed by atoms with E-state index in [0.717, 1.165) is 5.56 Å². The number of hydrogen-bond acceptors (Lipinski definition) is 4. The Morgan fingerprint density at radius 1 is 1.19 bits per heavy atom. The van der Waals surface area contributed by atoms with E-state index >= 15 is 0 Å². The van der Waals surface area contributed by atoms with Crippen molar-refractivity contribution < 1.29 is 9.53 Å². The Bertz CT molecular complexity index is 775. The number of aromatic nitrogens is 3. The summed E-state index contributed by atoms with van der Waals surface area (Å²) in [5.74, 6) is 0. The minimum atomic E-state index is 0.311. The first kappa shape index (κ1) is 13.5. The minimum Gasteiger partial charge on any atom is -0.378 e. The predicted octanol–water partition coefficient (Wildman–Crippen LogP) is 2.44. The topological polar surface area (TPSA) is 57.0 Å². The van der Waals surface area contributed by atoms with Crippen molar-refractivity contribution in [2.45, 2.75) is 13.2 Å². The summed E-state index contributed by atoms with van der Waals surface area (Å²) in [6.07, 6.45) is 0.709. The summed E-state index contributed by atoms with van der Waals surface area (Å²) >= 11 is 0. The van der Waals surface area contributed by atoms with Crippen LogP contribution in [0.1, 0.15) is 21.7 Å². The standard InChI is InChI=1S/C16H15N3O2/c1-21-11-16-15(10-20)17-18-19(16)9-13-7-4-6-12-5-2-3-8-14(12)13/h2-8,10H,9,11H2,1H3. The molecular weight excluding hydrogens is 266 g/mol. The SMILES string of the molecule is COCc1c(C=O)nnn1Cc1cccc2ccccc12. The number of aldehydes is 1. The quantitative estimate of drug-likeness (QED) is 0.674. The molecule has 0 N–H and O–H groups in total. The molecule has 1 heterocycles. The second-order valence-corrected chi connectivity index (χ2v) is 4.77. The summed E-state index contributed by atoms with van der Waals surface area (Å²) < 4.78 is 6.85. The van der Waals surface area contributed by atoms with Gasteiger partial charge in [-0.1, -0.05) is 47.7 Å². The summed E-state index contributed by atoms with van der Waals surface area (Å²) in [5, 5.41) is 10.3. The van der Waals surface area contributed by atoms with Crippen LogP contribution < -0.4 is 0 Å². The fourth-order valence-electron chi connectivity index (χ4n) is 2.44. The third-order valence-corrected chi connectivity index (χ3v) is 3.46. The van der Waals surface area contributed by atoms with Crippen molar-refractivity contribution in [2.24, 2.45) is 0 Å². The van der Waals surface area contributed by atoms with E-state index in [0.29, 0.717) is 30.8 Å². The van der Waals surface area contributed by atoms with Gasteiger partial charge in [-0.25, -0.2) is 4.68 Å². The highest BCUT2D eigenvalue weighted by molar-refractivity contribution is 5.85. The van der Waals surface area contributed by atoms with Crippen LogP contribution in [0, 0.1) is 0 Å². The molecule has 0 atom stereocenters. The van der Waals surface area contributed by atoms with Crippen LogP contribution in [-0.2, 0) is 17.9 Å². The number of carbonyl (C=O) groups excluding carboxylic acids is 1. The average molecular weight is 281 g/mol. The van der Waals surface area contributed by atoms with Crippen molar-refractivity contribution >= 4 is 17.1 Å². The van der Waals surface area contributed by atoms with Gasteiger partial charge in [0, 0.05) is 7.11 Å². The number of methoxy groups -OCH3 is 1.